The number of pyridine rings is 2. The van der Waals surface area contributed by atoms with E-state index in [9.17, 15) is 14.9 Å². The predicted octanol–water partition coefficient (Wildman–Crippen LogP) is 2.76. The van der Waals surface area contributed by atoms with Crippen LogP contribution in [0.15, 0.2) is 35.5 Å². The number of nitrogens with zero attached hydrogens (tertiary/aromatic N) is 4. The fourth-order valence-corrected chi connectivity index (χ4v) is 5.00. The molecule has 3 aliphatic rings. The van der Waals surface area contributed by atoms with Crippen molar-refractivity contribution in [2.24, 2.45) is 7.05 Å². The molecule has 0 spiro atoms. The van der Waals surface area contributed by atoms with Crippen molar-refractivity contribution in [1.82, 2.24) is 14.0 Å². The predicted molar refractivity (Wildman–Crippen MR) is 121 cm³/mol. The van der Waals surface area contributed by atoms with Gasteiger partial charge in [-0.3, -0.25) is 9.59 Å². The Morgan fingerprint density at radius 2 is 2.06 bits per heavy atom. The van der Waals surface area contributed by atoms with E-state index in [2.05, 4.69) is 12.2 Å². The van der Waals surface area contributed by atoms with E-state index in [1.807, 2.05) is 30.5 Å². The Kier molecular flexibility index (Phi) is 4.62. The van der Waals surface area contributed by atoms with Crippen molar-refractivity contribution < 1.29 is 14.3 Å². The SMILES string of the molecule is CC(C)Oc1cc2nc(C34COC(C)(C3)C4)cn2cc1C(=O)Nc1cc(C#N)cn(C)c1=O. The Bertz CT molecular complexity index is 1390. The number of aromatic nitrogens is 3. The van der Waals surface area contributed by atoms with Crippen LogP contribution >= 0.6 is 0 Å². The highest BCUT2D eigenvalue weighted by atomic mass is 16.5. The minimum absolute atomic E-state index is 0.0270. The lowest BCUT2D eigenvalue weighted by molar-refractivity contribution is 0.0154. The zero-order valence-electron chi connectivity index (χ0n) is 19.0. The van der Waals surface area contributed by atoms with E-state index in [0.717, 1.165) is 18.5 Å². The van der Waals surface area contributed by atoms with Crippen LogP contribution in [-0.4, -0.2) is 38.2 Å². The molecule has 9 heteroatoms. The average molecular weight is 447 g/mol. The van der Waals surface area contributed by atoms with Crippen LogP contribution in [0.2, 0.25) is 0 Å². The molecule has 6 rings (SSSR count). The minimum Gasteiger partial charge on any atom is -0.490 e. The molecule has 2 aliphatic heterocycles. The van der Waals surface area contributed by atoms with E-state index in [-0.39, 0.29) is 33.9 Å². The molecule has 9 nitrogen and oxygen atoms in total. The Labute approximate surface area is 190 Å². The normalized spacial score (nSPS) is 23.4. The van der Waals surface area contributed by atoms with Gasteiger partial charge in [-0.15, -0.1) is 0 Å². The first-order chi connectivity index (χ1) is 15.6. The highest BCUT2D eigenvalue weighted by Gasteiger charge is 2.61. The number of aryl methyl sites for hydroxylation is 1. The van der Waals surface area contributed by atoms with Gasteiger partial charge in [-0.05, 0) is 39.7 Å². The summed E-state index contributed by atoms with van der Waals surface area (Å²) in [5, 5.41) is 11.9. The number of imidazole rings is 1. The molecule has 1 saturated carbocycles. The van der Waals surface area contributed by atoms with Crippen molar-refractivity contribution in [2.75, 3.05) is 11.9 Å². The standard InChI is InChI=1S/C24H25N5O4/c1-14(2)33-18-6-20-27-19(24-11-23(3,12-24)32-13-24)10-29(20)9-16(18)21(30)26-17-5-15(7-25)8-28(4)22(17)31/h5-6,8-10,14H,11-13H2,1-4H3,(H,26,30). The zero-order chi connectivity index (χ0) is 23.5. The second-order valence-electron chi connectivity index (χ2n) is 9.61. The Balaban J connectivity index is 1.54. The Morgan fingerprint density at radius 3 is 2.70 bits per heavy atom. The second-order valence-corrected chi connectivity index (χ2v) is 9.61. The topological polar surface area (TPSA) is 111 Å². The molecule has 1 aliphatic carbocycles. The summed E-state index contributed by atoms with van der Waals surface area (Å²) >= 11 is 0. The van der Waals surface area contributed by atoms with E-state index in [1.54, 1.807) is 12.3 Å². The fraction of sp³-hybridized carbons (Fsp3) is 0.417. The lowest BCUT2D eigenvalue weighted by Gasteiger charge is -2.41. The van der Waals surface area contributed by atoms with E-state index in [4.69, 9.17) is 14.5 Å². The highest BCUT2D eigenvalue weighted by Crippen LogP contribution is 2.58. The van der Waals surface area contributed by atoms with Crippen LogP contribution in [0.25, 0.3) is 5.65 Å². The zero-order valence-corrected chi connectivity index (χ0v) is 19.0. The summed E-state index contributed by atoms with van der Waals surface area (Å²) in [6.07, 6.45) is 6.73. The third-order valence-corrected chi connectivity index (χ3v) is 6.39. The molecule has 1 N–H and O–H groups in total. The molecule has 5 heterocycles. The van der Waals surface area contributed by atoms with Crippen LogP contribution < -0.4 is 15.6 Å². The fourth-order valence-electron chi connectivity index (χ4n) is 5.00. The van der Waals surface area contributed by atoms with Gasteiger partial charge in [0.05, 0.1) is 35.1 Å². The number of rotatable bonds is 5. The molecule has 0 aromatic carbocycles. The van der Waals surface area contributed by atoms with Crippen LogP contribution in [0.5, 0.6) is 5.75 Å². The summed E-state index contributed by atoms with van der Waals surface area (Å²) in [5.74, 6) is -0.132. The Morgan fingerprint density at radius 1 is 1.30 bits per heavy atom. The van der Waals surface area contributed by atoms with Crippen molar-refractivity contribution in [3.05, 3.63) is 57.9 Å². The van der Waals surface area contributed by atoms with E-state index < -0.39 is 11.5 Å². The number of anilines is 1. The summed E-state index contributed by atoms with van der Waals surface area (Å²) in [6.45, 7) is 6.52. The number of ether oxygens (including phenoxy) is 2. The number of carbonyl (C=O) groups excluding carboxylic acids is 1. The van der Waals surface area contributed by atoms with Crippen LogP contribution in [0.4, 0.5) is 5.69 Å². The molecule has 0 atom stereocenters. The summed E-state index contributed by atoms with van der Waals surface area (Å²) in [6, 6.07) is 5.10. The minimum atomic E-state index is -0.506. The van der Waals surface area contributed by atoms with Crippen LogP contribution in [-0.2, 0) is 17.2 Å². The van der Waals surface area contributed by atoms with E-state index in [0.29, 0.717) is 18.0 Å². The third-order valence-electron chi connectivity index (χ3n) is 6.39. The molecule has 33 heavy (non-hydrogen) atoms. The van der Waals surface area contributed by atoms with Gasteiger partial charge in [0, 0.05) is 37.1 Å². The van der Waals surface area contributed by atoms with Crippen molar-refractivity contribution in [1.29, 1.82) is 5.26 Å². The van der Waals surface area contributed by atoms with Crippen molar-refractivity contribution in [3.63, 3.8) is 0 Å². The lowest BCUT2D eigenvalue weighted by Crippen LogP contribution is -2.45. The first-order valence-corrected chi connectivity index (χ1v) is 10.9. The first kappa shape index (κ1) is 21.2. The molecule has 3 aromatic heterocycles. The average Bonchev–Trinajstić information content (AvgIpc) is 3.40. The van der Waals surface area contributed by atoms with Gasteiger partial charge in [-0.1, -0.05) is 0 Å². The number of fused-ring (bicyclic) bond motifs is 2. The van der Waals surface area contributed by atoms with Crippen LogP contribution in [0, 0.1) is 11.3 Å². The number of amides is 1. The van der Waals surface area contributed by atoms with E-state index in [1.165, 1.54) is 23.9 Å². The summed E-state index contributed by atoms with van der Waals surface area (Å²) in [7, 11) is 1.53. The van der Waals surface area contributed by atoms with Crippen molar-refractivity contribution in [2.45, 2.75) is 50.7 Å². The van der Waals surface area contributed by atoms with Gasteiger partial charge in [0.2, 0.25) is 0 Å². The molecule has 0 radical (unpaired) electrons. The van der Waals surface area contributed by atoms with Crippen LogP contribution in [0.1, 0.15) is 55.2 Å². The smallest absolute Gasteiger partial charge is 0.274 e. The molecular weight excluding hydrogens is 422 g/mol. The maximum Gasteiger partial charge on any atom is 0.274 e. The highest BCUT2D eigenvalue weighted by molar-refractivity contribution is 6.06. The molecule has 0 unspecified atom stereocenters. The molecule has 3 fully saturated rings. The number of carbonyl (C=O) groups is 1. The van der Waals surface area contributed by atoms with Crippen LogP contribution in [0.3, 0.4) is 0 Å². The molecule has 170 valence electrons. The van der Waals surface area contributed by atoms with Gasteiger partial charge < -0.3 is 23.8 Å². The summed E-state index contributed by atoms with van der Waals surface area (Å²) in [5.41, 5.74) is 1.64. The number of hydrogen-bond donors (Lipinski definition) is 1. The molecular formula is C24H25N5O4. The molecule has 3 aromatic rings. The Hall–Kier alpha value is -3.64. The van der Waals surface area contributed by atoms with E-state index >= 15 is 0 Å². The monoisotopic (exact) mass is 447 g/mol. The number of nitriles is 1. The van der Waals surface area contributed by atoms with Gasteiger partial charge in [0.1, 0.15) is 23.2 Å². The van der Waals surface area contributed by atoms with Gasteiger partial charge in [-0.25, -0.2) is 4.98 Å². The third kappa shape index (κ3) is 3.47. The quantitative estimate of drug-likeness (QED) is 0.644. The maximum absolute atomic E-state index is 13.2. The van der Waals surface area contributed by atoms with Gasteiger partial charge in [-0.2, -0.15) is 5.26 Å². The lowest BCUT2D eigenvalue weighted by atomic mass is 9.62. The van der Waals surface area contributed by atoms with Crippen molar-refractivity contribution >= 4 is 17.2 Å². The first-order valence-electron chi connectivity index (χ1n) is 10.9. The molecule has 1 amide bonds. The van der Waals surface area contributed by atoms with Gasteiger partial charge in [0.25, 0.3) is 11.5 Å². The second kappa shape index (κ2) is 7.18. The number of nitrogens with one attached hydrogen (secondary N) is 1. The summed E-state index contributed by atoms with van der Waals surface area (Å²) < 4.78 is 14.9. The molecule has 2 bridgehead atoms. The summed E-state index contributed by atoms with van der Waals surface area (Å²) in [4.78, 5) is 30.5. The largest absolute Gasteiger partial charge is 0.490 e. The molecule has 2 saturated heterocycles. The van der Waals surface area contributed by atoms with Crippen molar-refractivity contribution in [3.8, 4) is 11.8 Å². The number of hydrogen-bond acceptors (Lipinski definition) is 6. The van der Waals surface area contributed by atoms with Gasteiger partial charge >= 0.3 is 0 Å². The maximum atomic E-state index is 13.2. The van der Waals surface area contributed by atoms with Gasteiger partial charge in [0.15, 0.2) is 0 Å².